The third-order valence-electron chi connectivity index (χ3n) is 3.62. The third-order valence-corrected chi connectivity index (χ3v) is 5.10. The van der Waals surface area contributed by atoms with Crippen molar-refractivity contribution in [3.05, 3.63) is 63.4 Å². The first kappa shape index (κ1) is 19.5. The highest BCUT2D eigenvalue weighted by atomic mass is 35.5. The second kappa shape index (κ2) is 8.65. The fraction of sp³-hybridized carbons (Fsp3) is 0.167. The van der Waals surface area contributed by atoms with Gasteiger partial charge in [0.1, 0.15) is 5.82 Å². The number of rotatable bonds is 6. The Kier molecular flexibility index (Phi) is 6.26. The Balaban J connectivity index is 1.63. The molecule has 3 aromatic rings. The van der Waals surface area contributed by atoms with Crippen LogP contribution in [0.4, 0.5) is 5.69 Å². The lowest BCUT2D eigenvalue weighted by atomic mass is 10.2. The van der Waals surface area contributed by atoms with Crippen molar-refractivity contribution in [2.75, 3.05) is 12.4 Å². The molecule has 2 aromatic carbocycles. The number of aromatic amines is 1. The van der Waals surface area contributed by atoms with E-state index in [0.29, 0.717) is 22.2 Å². The van der Waals surface area contributed by atoms with E-state index >= 15 is 0 Å². The van der Waals surface area contributed by atoms with Crippen LogP contribution in [0.25, 0.3) is 0 Å². The molecule has 0 atom stereocenters. The topological polar surface area (TPSA) is 79.9 Å². The van der Waals surface area contributed by atoms with Crippen molar-refractivity contribution in [3.63, 3.8) is 0 Å². The van der Waals surface area contributed by atoms with Crippen LogP contribution in [-0.2, 0) is 5.75 Å². The predicted octanol–water partition coefficient (Wildman–Crippen LogP) is 4.97. The second-order valence-electron chi connectivity index (χ2n) is 5.62. The maximum atomic E-state index is 12.4. The van der Waals surface area contributed by atoms with Gasteiger partial charge in [-0.2, -0.15) is 0 Å². The number of nitrogens with one attached hydrogen (secondary N) is 2. The number of hydrogen-bond acceptors (Lipinski definition) is 5. The van der Waals surface area contributed by atoms with Gasteiger partial charge in [-0.3, -0.25) is 9.89 Å². The van der Waals surface area contributed by atoms with Gasteiger partial charge in [0.25, 0.3) is 5.91 Å². The molecule has 3 rings (SSSR count). The zero-order valence-corrected chi connectivity index (χ0v) is 16.9. The summed E-state index contributed by atoms with van der Waals surface area (Å²) in [5.41, 5.74) is 2.12. The number of hydrogen-bond donors (Lipinski definition) is 2. The zero-order chi connectivity index (χ0) is 19.4. The summed E-state index contributed by atoms with van der Waals surface area (Å²) in [5, 5.41) is 11.0. The van der Waals surface area contributed by atoms with E-state index in [1.54, 1.807) is 0 Å². The molecule has 0 spiro atoms. The Morgan fingerprint density at radius 1 is 1.22 bits per heavy atom. The van der Waals surface area contributed by atoms with E-state index in [9.17, 15) is 4.79 Å². The molecule has 1 heterocycles. The van der Waals surface area contributed by atoms with Gasteiger partial charge >= 0.3 is 0 Å². The average Bonchev–Trinajstić information content (AvgIpc) is 3.06. The molecule has 0 aliphatic heterocycles. The lowest BCUT2D eigenvalue weighted by molar-refractivity contribution is 0.102. The molecule has 1 amide bonds. The van der Waals surface area contributed by atoms with Crippen LogP contribution in [0.1, 0.15) is 21.7 Å². The molecule has 0 saturated carbocycles. The Labute approximate surface area is 170 Å². The molecule has 6 nitrogen and oxygen atoms in total. The molecule has 0 aliphatic rings. The highest BCUT2D eigenvalue weighted by molar-refractivity contribution is 7.98. The fourth-order valence-corrected chi connectivity index (χ4v) is 3.75. The van der Waals surface area contributed by atoms with Gasteiger partial charge in [-0.15, -0.1) is 5.10 Å². The quantitative estimate of drug-likeness (QED) is 0.547. The summed E-state index contributed by atoms with van der Waals surface area (Å²) >= 11 is 13.7. The van der Waals surface area contributed by atoms with Crippen LogP contribution < -0.4 is 10.1 Å². The van der Waals surface area contributed by atoms with Crippen molar-refractivity contribution in [3.8, 4) is 5.75 Å². The molecule has 0 saturated heterocycles. The van der Waals surface area contributed by atoms with Gasteiger partial charge in [0.15, 0.2) is 5.75 Å². The number of aryl methyl sites for hydroxylation is 1. The number of carbonyl (C=O) groups is 1. The third kappa shape index (κ3) is 4.94. The molecule has 9 heteroatoms. The minimum atomic E-state index is -0.306. The van der Waals surface area contributed by atoms with Crippen LogP contribution in [0.5, 0.6) is 5.75 Å². The van der Waals surface area contributed by atoms with Crippen LogP contribution in [0.15, 0.2) is 41.6 Å². The average molecular weight is 423 g/mol. The van der Waals surface area contributed by atoms with Crippen molar-refractivity contribution in [2.24, 2.45) is 0 Å². The number of benzene rings is 2. The molecule has 0 bridgehead atoms. The molecule has 1 aromatic heterocycles. The first-order valence-electron chi connectivity index (χ1n) is 7.91. The van der Waals surface area contributed by atoms with Gasteiger partial charge in [-0.25, -0.2) is 4.98 Å². The SMILES string of the molecule is COc1c(Cl)cc(C(=O)Nc2ccc(CSc3n[nH]c(C)n3)cc2)cc1Cl. The molecule has 2 N–H and O–H groups in total. The van der Waals surface area contributed by atoms with Crippen molar-refractivity contribution < 1.29 is 9.53 Å². The smallest absolute Gasteiger partial charge is 0.255 e. The Hall–Kier alpha value is -2.22. The highest BCUT2D eigenvalue weighted by Gasteiger charge is 2.13. The zero-order valence-electron chi connectivity index (χ0n) is 14.5. The predicted molar refractivity (Wildman–Crippen MR) is 108 cm³/mol. The van der Waals surface area contributed by atoms with Gasteiger partial charge in [-0.1, -0.05) is 47.1 Å². The number of amides is 1. The minimum Gasteiger partial charge on any atom is -0.494 e. The molecular formula is C18H16Cl2N4O2S. The van der Waals surface area contributed by atoms with Crippen LogP contribution in [0, 0.1) is 6.92 Å². The monoisotopic (exact) mass is 422 g/mol. The van der Waals surface area contributed by atoms with E-state index in [1.165, 1.54) is 31.0 Å². The summed E-state index contributed by atoms with van der Waals surface area (Å²) in [6.07, 6.45) is 0. The fourth-order valence-electron chi connectivity index (χ4n) is 2.31. The van der Waals surface area contributed by atoms with Gasteiger partial charge in [-0.05, 0) is 36.8 Å². The van der Waals surface area contributed by atoms with Crippen molar-refractivity contribution in [1.29, 1.82) is 0 Å². The number of methoxy groups -OCH3 is 1. The van der Waals surface area contributed by atoms with E-state index in [1.807, 2.05) is 31.2 Å². The summed E-state index contributed by atoms with van der Waals surface area (Å²) in [6, 6.07) is 10.6. The van der Waals surface area contributed by atoms with E-state index in [-0.39, 0.29) is 16.0 Å². The lowest BCUT2D eigenvalue weighted by Gasteiger charge is -2.10. The first-order chi connectivity index (χ1) is 13.0. The minimum absolute atomic E-state index is 0.282. The summed E-state index contributed by atoms with van der Waals surface area (Å²) < 4.78 is 5.09. The number of ether oxygens (including phenoxy) is 1. The van der Waals surface area contributed by atoms with Crippen molar-refractivity contribution >= 4 is 46.6 Å². The van der Waals surface area contributed by atoms with Gasteiger partial charge < -0.3 is 10.1 Å². The van der Waals surface area contributed by atoms with E-state index in [2.05, 4.69) is 20.5 Å². The number of nitrogens with zero attached hydrogens (tertiary/aromatic N) is 2. The number of halogens is 2. The maximum Gasteiger partial charge on any atom is 0.255 e. The van der Waals surface area contributed by atoms with Crippen molar-refractivity contribution in [1.82, 2.24) is 15.2 Å². The standard InChI is InChI=1S/C18H16Cl2N4O2S/c1-10-21-18(24-23-10)27-9-11-3-5-13(6-4-11)22-17(25)12-7-14(19)16(26-2)15(20)8-12/h3-8H,9H2,1-2H3,(H,22,25)(H,21,23,24). The number of anilines is 1. The Bertz CT molecular complexity index is 937. The van der Waals surface area contributed by atoms with Crippen LogP contribution in [0.3, 0.4) is 0 Å². The summed E-state index contributed by atoms with van der Waals surface area (Å²) in [5.74, 6) is 1.56. The normalized spacial score (nSPS) is 10.7. The summed E-state index contributed by atoms with van der Waals surface area (Å²) in [4.78, 5) is 16.7. The second-order valence-corrected chi connectivity index (χ2v) is 7.37. The maximum absolute atomic E-state index is 12.4. The van der Waals surface area contributed by atoms with Gasteiger partial charge in [0.05, 0.1) is 17.2 Å². The summed E-state index contributed by atoms with van der Waals surface area (Å²) in [7, 11) is 1.47. The number of aromatic nitrogens is 3. The van der Waals surface area contributed by atoms with Gasteiger partial charge in [0, 0.05) is 17.0 Å². The molecule has 0 aliphatic carbocycles. The van der Waals surface area contributed by atoms with E-state index in [0.717, 1.165) is 17.1 Å². The van der Waals surface area contributed by atoms with Crippen molar-refractivity contribution in [2.45, 2.75) is 17.8 Å². The number of H-pyrrole nitrogens is 1. The molecular weight excluding hydrogens is 407 g/mol. The van der Waals surface area contributed by atoms with Crippen LogP contribution >= 0.6 is 35.0 Å². The highest BCUT2D eigenvalue weighted by Crippen LogP contribution is 2.34. The number of thioether (sulfide) groups is 1. The molecule has 0 fully saturated rings. The van der Waals surface area contributed by atoms with E-state index < -0.39 is 0 Å². The van der Waals surface area contributed by atoms with Crippen LogP contribution in [0.2, 0.25) is 10.0 Å². The lowest BCUT2D eigenvalue weighted by Crippen LogP contribution is -2.12. The Morgan fingerprint density at radius 3 is 2.44 bits per heavy atom. The van der Waals surface area contributed by atoms with E-state index in [4.69, 9.17) is 27.9 Å². The van der Waals surface area contributed by atoms with Gasteiger partial charge in [0.2, 0.25) is 5.16 Å². The van der Waals surface area contributed by atoms with Crippen LogP contribution in [-0.4, -0.2) is 28.2 Å². The summed E-state index contributed by atoms with van der Waals surface area (Å²) in [6.45, 7) is 1.86. The molecule has 0 radical (unpaired) electrons. The Morgan fingerprint density at radius 2 is 1.89 bits per heavy atom. The molecule has 140 valence electrons. The largest absolute Gasteiger partial charge is 0.494 e. The molecule has 27 heavy (non-hydrogen) atoms. The first-order valence-corrected chi connectivity index (χ1v) is 9.65. The number of carbonyl (C=O) groups excluding carboxylic acids is 1. The molecule has 0 unspecified atom stereocenters.